The van der Waals surface area contributed by atoms with E-state index in [1.165, 1.54) is 17.8 Å². The van der Waals surface area contributed by atoms with Crippen molar-refractivity contribution in [3.63, 3.8) is 0 Å². The van der Waals surface area contributed by atoms with Crippen LogP contribution in [0.25, 0.3) is 0 Å². The van der Waals surface area contributed by atoms with Gasteiger partial charge in [0.1, 0.15) is 5.04 Å². The number of thioether (sulfide) groups is 1. The smallest absolute Gasteiger partial charge is 0.275 e. The molecule has 14 heavy (non-hydrogen) atoms. The van der Waals surface area contributed by atoms with E-state index in [4.69, 9.17) is 0 Å². The number of aromatic nitrogens is 1. The van der Waals surface area contributed by atoms with Gasteiger partial charge >= 0.3 is 0 Å². The first-order valence-corrected chi connectivity index (χ1v) is 5.04. The number of pyridine rings is 1. The molecule has 1 aromatic heterocycles. The fourth-order valence-electron chi connectivity index (χ4n) is 1.19. The molecular formula is C8H7N3O2S. The summed E-state index contributed by atoms with van der Waals surface area (Å²) in [5.74, 6) is 0.878. The van der Waals surface area contributed by atoms with Gasteiger partial charge in [0.25, 0.3) is 5.69 Å². The van der Waals surface area contributed by atoms with Gasteiger partial charge in [0.2, 0.25) is 0 Å². The average Bonchev–Trinajstić information content (AvgIpc) is 2.70. The van der Waals surface area contributed by atoms with Crippen LogP contribution in [0.2, 0.25) is 0 Å². The predicted molar refractivity (Wildman–Crippen MR) is 54.8 cm³/mol. The number of nitrogens with zero attached hydrogens (tertiary/aromatic N) is 3. The molecule has 0 spiro atoms. The van der Waals surface area contributed by atoms with Gasteiger partial charge in [0.05, 0.1) is 4.92 Å². The third-order valence-corrected chi connectivity index (χ3v) is 2.75. The van der Waals surface area contributed by atoms with Crippen molar-refractivity contribution >= 4 is 22.5 Å². The zero-order chi connectivity index (χ0) is 9.97. The van der Waals surface area contributed by atoms with Crippen LogP contribution in [-0.4, -0.2) is 27.2 Å². The van der Waals surface area contributed by atoms with Gasteiger partial charge in [0.15, 0.2) is 5.69 Å². The van der Waals surface area contributed by atoms with Crippen LogP contribution < -0.4 is 0 Å². The van der Waals surface area contributed by atoms with Crippen LogP contribution in [-0.2, 0) is 0 Å². The fourth-order valence-corrected chi connectivity index (χ4v) is 2.04. The lowest BCUT2D eigenvalue weighted by Gasteiger charge is -1.99. The molecule has 2 rings (SSSR count). The molecular weight excluding hydrogens is 202 g/mol. The molecule has 1 aliphatic heterocycles. The summed E-state index contributed by atoms with van der Waals surface area (Å²) in [5, 5.41) is 11.4. The zero-order valence-electron chi connectivity index (χ0n) is 7.21. The molecule has 0 amide bonds. The van der Waals surface area contributed by atoms with Crippen molar-refractivity contribution in [2.45, 2.75) is 0 Å². The van der Waals surface area contributed by atoms with Crippen LogP contribution in [0.3, 0.4) is 0 Å². The number of hydrogen-bond acceptors (Lipinski definition) is 5. The molecule has 0 atom stereocenters. The molecule has 0 aliphatic carbocycles. The van der Waals surface area contributed by atoms with Gasteiger partial charge in [-0.05, 0) is 6.07 Å². The highest BCUT2D eigenvalue weighted by Crippen LogP contribution is 2.24. The van der Waals surface area contributed by atoms with E-state index < -0.39 is 4.92 Å². The largest absolute Gasteiger partial charge is 0.297 e. The average molecular weight is 209 g/mol. The van der Waals surface area contributed by atoms with Crippen molar-refractivity contribution in [2.24, 2.45) is 4.99 Å². The van der Waals surface area contributed by atoms with Crippen LogP contribution in [0.15, 0.2) is 23.3 Å². The summed E-state index contributed by atoms with van der Waals surface area (Å²) in [4.78, 5) is 18.4. The number of hydrogen-bond donors (Lipinski definition) is 0. The third-order valence-electron chi connectivity index (χ3n) is 1.77. The lowest BCUT2D eigenvalue weighted by Crippen LogP contribution is -2.02. The van der Waals surface area contributed by atoms with Gasteiger partial charge in [-0.25, -0.2) is 4.98 Å². The summed E-state index contributed by atoms with van der Waals surface area (Å²) in [6, 6.07) is 3.01. The number of rotatable bonds is 2. The third kappa shape index (κ3) is 1.60. The van der Waals surface area contributed by atoms with E-state index >= 15 is 0 Å². The van der Waals surface area contributed by atoms with Gasteiger partial charge in [-0.2, -0.15) is 0 Å². The molecule has 0 bridgehead atoms. The molecule has 0 saturated carbocycles. The highest BCUT2D eigenvalue weighted by atomic mass is 32.2. The Morgan fingerprint density at radius 3 is 3.07 bits per heavy atom. The maximum atomic E-state index is 10.7. The van der Waals surface area contributed by atoms with Crippen LogP contribution in [0.4, 0.5) is 5.69 Å². The van der Waals surface area contributed by atoms with E-state index in [1.54, 1.807) is 12.3 Å². The standard InChI is InChI=1S/C8H7N3O2S/c12-11(13)6-2-1-3-9-7(6)8-10-4-5-14-8/h1-3H,4-5H2. The van der Waals surface area contributed by atoms with Crippen molar-refractivity contribution in [3.05, 3.63) is 34.1 Å². The molecule has 0 radical (unpaired) electrons. The maximum Gasteiger partial charge on any atom is 0.297 e. The molecule has 1 aromatic rings. The highest BCUT2D eigenvalue weighted by molar-refractivity contribution is 8.14. The first-order valence-electron chi connectivity index (χ1n) is 4.06. The summed E-state index contributed by atoms with van der Waals surface area (Å²) in [5.41, 5.74) is 0.417. The molecule has 6 heteroatoms. The monoisotopic (exact) mass is 209 g/mol. The molecule has 0 unspecified atom stereocenters. The maximum absolute atomic E-state index is 10.7. The minimum absolute atomic E-state index is 0.0284. The summed E-state index contributed by atoms with van der Waals surface area (Å²) in [7, 11) is 0. The van der Waals surface area contributed by atoms with Crippen LogP contribution in [0, 0.1) is 10.1 Å². The van der Waals surface area contributed by atoms with E-state index in [0.29, 0.717) is 17.3 Å². The molecule has 0 fully saturated rings. The Labute approximate surface area is 84.4 Å². The van der Waals surface area contributed by atoms with E-state index in [2.05, 4.69) is 9.98 Å². The molecule has 0 saturated heterocycles. The molecule has 0 N–H and O–H groups in total. The van der Waals surface area contributed by atoms with Crippen molar-refractivity contribution in [1.29, 1.82) is 0 Å². The van der Waals surface area contributed by atoms with Gasteiger partial charge in [-0.3, -0.25) is 15.1 Å². The predicted octanol–water partition coefficient (Wildman–Crippen LogP) is 1.48. The fraction of sp³-hybridized carbons (Fsp3) is 0.250. The van der Waals surface area contributed by atoms with Crippen LogP contribution in [0.1, 0.15) is 5.69 Å². The number of aliphatic imine (C=N–C) groups is 1. The van der Waals surface area contributed by atoms with Gasteiger partial charge in [-0.15, -0.1) is 11.8 Å². The molecule has 5 nitrogen and oxygen atoms in total. The molecule has 72 valence electrons. The Morgan fingerprint density at radius 1 is 1.57 bits per heavy atom. The van der Waals surface area contributed by atoms with E-state index in [0.717, 1.165) is 5.75 Å². The second-order valence-corrected chi connectivity index (χ2v) is 3.75. The Balaban J connectivity index is 2.46. The number of nitro groups is 1. The summed E-state index contributed by atoms with van der Waals surface area (Å²) >= 11 is 1.51. The Bertz CT molecular complexity index is 405. The minimum atomic E-state index is -0.427. The van der Waals surface area contributed by atoms with Gasteiger partial charge < -0.3 is 0 Å². The summed E-state index contributed by atoms with van der Waals surface area (Å²) < 4.78 is 0. The Morgan fingerprint density at radius 2 is 2.43 bits per heavy atom. The first kappa shape index (κ1) is 9.14. The van der Waals surface area contributed by atoms with Crippen molar-refractivity contribution in [2.75, 3.05) is 12.3 Å². The topological polar surface area (TPSA) is 68.4 Å². The van der Waals surface area contributed by atoms with E-state index in [-0.39, 0.29) is 5.69 Å². The molecule has 0 aromatic carbocycles. The van der Waals surface area contributed by atoms with Crippen molar-refractivity contribution < 1.29 is 4.92 Å². The minimum Gasteiger partial charge on any atom is -0.275 e. The van der Waals surface area contributed by atoms with Crippen LogP contribution >= 0.6 is 11.8 Å². The van der Waals surface area contributed by atoms with Crippen molar-refractivity contribution in [1.82, 2.24) is 4.98 Å². The molecule has 1 aliphatic rings. The lowest BCUT2D eigenvalue weighted by atomic mass is 10.3. The first-order chi connectivity index (χ1) is 6.79. The van der Waals surface area contributed by atoms with Gasteiger partial charge in [0, 0.05) is 24.6 Å². The molecule has 2 heterocycles. The Kier molecular flexibility index (Phi) is 2.45. The second kappa shape index (κ2) is 3.75. The zero-order valence-corrected chi connectivity index (χ0v) is 8.03. The Hall–Kier alpha value is -1.43. The highest BCUT2D eigenvalue weighted by Gasteiger charge is 2.21. The van der Waals surface area contributed by atoms with Gasteiger partial charge in [-0.1, -0.05) is 0 Å². The quantitative estimate of drug-likeness (QED) is 0.546. The van der Waals surface area contributed by atoms with Crippen molar-refractivity contribution in [3.8, 4) is 0 Å². The van der Waals surface area contributed by atoms with E-state index in [9.17, 15) is 10.1 Å². The SMILES string of the molecule is O=[N+]([O-])c1cccnc1C1=NCCS1. The summed E-state index contributed by atoms with van der Waals surface area (Å²) in [6.45, 7) is 0.716. The van der Waals surface area contributed by atoms with Crippen LogP contribution in [0.5, 0.6) is 0 Å². The lowest BCUT2D eigenvalue weighted by molar-refractivity contribution is -0.385. The summed E-state index contributed by atoms with van der Waals surface area (Å²) in [6.07, 6.45) is 1.55. The normalized spacial score (nSPS) is 15.3. The van der Waals surface area contributed by atoms with E-state index in [1.807, 2.05) is 0 Å². The second-order valence-electron chi connectivity index (χ2n) is 2.66.